The minimum Gasteiger partial charge on any atom is -0.478 e. The summed E-state index contributed by atoms with van der Waals surface area (Å²) in [5.41, 5.74) is 15.1. The summed E-state index contributed by atoms with van der Waals surface area (Å²) in [5, 5.41) is 42.8. The Morgan fingerprint density at radius 1 is 0.610 bits per heavy atom. The maximum absolute atomic E-state index is 13.3. The van der Waals surface area contributed by atoms with Crippen LogP contribution in [0.15, 0.2) is 132 Å². The van der Waals surface area contributed by atoms with Crippen LogP contribution in [-0.2, 0) is 54.5 Å². The van der Waals surface area contributed by atoms with E-state index in [-0.39, 0.29) is 23.9 Å². The zero-order chi connectivity index (χ0) is 58.1. The van der Waals surface area contributed by atoms with Crippen molar-refractivity contribution in [3.8, 4) is 0 Å². The van der Waals surface area contributed by atoms with E-state index in [1.165, 1.54) is 0 Å². The number of fused-ring (bicyclic) bond motifs is 4. The van der Waals surface area contributed by atoms with Gasteiger partial charge in [0.2, 0.25) is 0 Å². The van der Waals surface area contributed by atoms with Crippen molar-refractivity contribution in [2.75, 3.05) is 0 Å². The number of carbonyl (C=O) groups excluding carboxylic acids is 1. The van der Waals surface area contributed by atoms with Gasteiger partial charge in [-0.15, -0.1) is 12.4 Å². The first-order chi connectivity index (χ1) is 38.3. The van der Waals surface area contributed by atoms with Gasteiger partial charge in [-0.1, -0.05) is 116 Å². The number of oxime groups is 2. The van der Waals surface area contributed by atoms with Gasteiger partial charge in [0, 0.05) is 49.5 Å². The van der Waals surface area contributed by atoms with Gasteiger partial charge in [-0.2, -0.15) is 0 Å². The first-order valence-corrected chi connectivity index (χ1v) is 27.8. The molecular weight excluding hydrogens is 1190 g/mol. The van der Waals surface area contributed by atoms with Crippen molar-refractivity contribution in [3.63, 3.8) is 0 Å². The number of carbonyl (C=O) groups is 2. The standard InChI is InChI=1S/C29H25BCl3N3O4.C19H13Cl3N2O3.C10H14BNO2.ClH/c1-28(2)19-11-16(6-8-20(19)30(38)39-28)15-34-27(37)18-7-9-25(36-10-4-5-24(18)36)23-14-29(3,40-35-23)17-12-21(31)26(33)22(32)13-17;1-19(10-7-12(20)17(22)13(21)8-10)9-14(23-27-19)16-5-4-11(18(25)26)15-3-2-6-24(15)16;1-10(2)8-5-7(6-12)3-4-9(8)11(13)14-10;/h4-13,38H,14-15H2,1-3H3,(H,34,37);2-8H,9H2,1H3,(H,25,26);3-5,13H,6,12H2,1-2H3;1H. The Morgan fingerprint density at radius 3 is 1.46 bits per heavy atom. The van der Waals surface area contributed by atoms with Crippen LogP contribution in [0.2, 0.25) is 30.1 Å². The molecule has 0 saturated heterocycles. The second-order valence-electron chi connectivity index (χ2n) is 21.4. The van der Waals surface area contributed by atoms with Crippen LogP contribution in [0, 0.1) is 0 Å². The number of carboxylic acids is 1. The van der Waals surface area contributed by atoms with E-state index in [0.717, 1.165) is 66.9 Å². The van der Waals surface area contributed by atoms with Crippen molar-refractivity contribution in [3.05, 3.63) is 208 Å². The predicted molar refractivity (Wildman–Crippen MR) is 327 cm³/mol. The van der Waals surface area contributed by atoms with Gasteiger partial charge in [0.15, 0.2) is 11.2 Å². The normalized spacial score (nSPS) is 19.0. The molecule has 424 valence electrons. The van der Waals surface area contributed by atoms with Gasteiger partial charge < -0.3 is 54.0 Å². The van der Waals surface area contributed by atoms with Gasteiger partial charge in [0.1, 0.15) is 11.4 Å². The molecule has 1 amide bonds. The number of hydrogen-bond donors (Lipinski definition) is 5. The van der Waals surface area contributed by atoms with E-state index in [0.29, 0.717) is 72.9 Å². The number of halogens is 7. The van der Waals surface area contributed by atoms with Gasteiger partial charge in [0.05, 0.1) is 74.9 Å². The minimum absolute atomic E-state index is 0. The largest absolute Gasteiger partial charge is 0.492 e. The maximum Gasteiger partial charge on any atom is 0.492 e. The number of nitrogens with two attached hydrogens (primary N) is 1. The smallest absolute Gasteiger partial charge is 0.478 e. The summed E-state index contributed by atoms with van der Waals surface area (Å²) in [6, 6.07) is 32.7. The van der Waals surface area contributed by atoms with Crippen molar-refractivity contribution < 1.29 is 43.7 Å². The Labute approximate surface area is 509 Å². The van der Waals surface area contributed by atoms with Crippen LogP contribution in [0.5, 0.6) is 0 Å². The fraction of sp³-hybridized carbons (Fsp3) is 0.241. The van der Waals surface area contributed by atoms with E-state index in [9.17, 15) is 24.7 Å². The van der Waals surface area contributed by atoms with Crippen LogP contribution in [0.25, 0.3) is 11.0 Å². The molecule has 4 aliphatic rings. The summed E-state index contributed by atoms with van der Waals surface area (Å²) in [7, 11) is -1.74. The van der Waals surface area contributed by atoms with Crippen LogP contribution in [0.4, 0.5) is 0 Å². The quantitative estimate of drug-likeness (QED) is 0.0683. The van der Waals surface area contributed by atoms with Crippen LogP contribution in [-0.4, -0.2) is 61.5 Å². The average molecular weight is 1250 g/mol. The van der Waals surface area contributed by atoms with Crippen LogP contribution < -0.4 is 22.0 Å². The lowest BCUT2D eigenvalue weighted by Crippen LogP contribution is -2.29. The van der Waals surface area contributed by atoms with E-state index in [1.807, 2.05) is 107 Å². The second-order valence-corrected chi connectivity index (χ2v) is 23.8. The van der Waals surface area contributed by atoms with Gasteiger partial charge in [0.25, 0.3) is 5.91 Å². The molecule has 0 spiro atoms. The summed E-state index contributed by atoms with van der Waals surface area (Å²) < 4.78 is 14.8. The lowest BCUT2D eigenvalue weighted by atomic mass is 9.78. The molecule has 2 atom stereocenters. The van der Waals surface area contributed by atoms with E-state index in [1.54, 1.807) is 65.2 Å². The number of rotatable bonds is 9. The Bertz CT molecular complexity index is 3880. The molecule has 82 heavy (non-hydrogen) atoms. The number of carboxylic acid groups (broad SMARTS) is 1. The van der Waals surface area contributed by atoms with Crippen molar-refractivity contribution in [2.45, 2.75) is 89.9 Å². The molecule has 0 fully saturated rings. The number of aromatic carboxylic acids is 1. The summed E-state index contributed by atoms with van der Waals surface area (Å²) in [4.78, 5) is 36.3. The topological polar surface area (TPSA) is 203 Å². The van der Waals surface area contributed by atoms with Crippen molar-refractivity contribution in [1.82, 2.24) is 14.1 Å². The summed E-state index contributed by atoms with van der Waals surface area (Å²) in [6.07, 6.45) is 4.61. The third kappa shape index (κ3) is 11.6. The number of benzene rings is 4. The van der Waals surface area contributed by atoms with E-state index >= 15 is 0 Å². The van der Waals surface area contributed by atoms with E-state index in [4.69, 9.17) is 94.3 Å². The summed E-state index contributed by atoms with van der Waals surface area (Å²) >= 11 is 37.0. The summed E-state index contributed by atoms with van der Waals surface area (Å²) in [5.74, 6) is -1.18. The fourth-order valence-corrected chi connectivity index (χ4v) is 11.7. The van der Waals surface area contributed by atoms with Crippen molar-refractivity contribution >= 4 is 142 Å². The monoisotopic (exact) mass is 1240 g/mol. The van der Waals surface area contributed by atoms with Gasteiger partial charge in [-0.3, -0.25) is 4.79 Å². The van der Waals surface area contributed by atoms with Crippen molar-refractivity contribution in [2.24, 2.45) is 16.0 Å². The van der Waals surface area contributed by atoms with Crippen LogP contribution in [0.1, 0.15) is 120 Å². The molecule has 0 saturated carbocycles. The molecule has 15 nitrogen and oxygen atoms in total. The second kappa shape index (κ2) is 23.4. The molecule has 4 aliphatic heterocycles. The number of aromatic nitrogens is 2. The molecule has 8 aromatic rings. The Balaban J connectivity index is 0.000000165. The molecule has 0 radical (unpaired) electrons. The lowest BCUT2D eigenvalue weighted by Gasteiger charge is -2.23. The van der Waals surface area contributed by atoms with Gasteiger partial charge >= 0.3 is 20.2 Å². The molecule has 24 heteroatoms. The predicted octanol–water partition coefficient (Wildman–Crippen LogP) is 12.0. The van der Waals surface area contributed by atoms with Gasteiger partial charge in [-0.05, 0) is 148 Å². The number of nitrogens with zero attached hydrogens (tertiary/aromatic N) is 4. The molecule has 0 bridgehead atoms. The van der Waals surface area contributed by atoms with E-state index < -0.39 is 42.6 Å². The first kappa shape index (κ1) is 60.8. The highest BCUT2D eigenvalue weighted by Gasteiger charge is 2.43. The molecule has 8 heterocycles. The number of hydrogen-bond acceptors (Lipinski definition) is 11. The third-order valence-corrected chi connectivity index (χ3v) is 17.3. The van der Waals surface area contributed by atoms with Crippen molar-refractivity contribution in [1.29, 1.82) is 0 Å². The number of amides is 1. The molecule has 6 N–H and O–H groups in total. The molecule has 12 rings (SSSR count). The zero-order valence-electron chi connectivity index (χ0n) is 44.9. The van der Waals surface area contributed by atoms with E-state index in [2.05, 4.69) is 15.6 Å². The first-order valence-electron chi connectivity index (χ1n) is 25.5. The van der Waals surface area contributed by atoms with Gasteiger partial charge in [-0.25, -0.2) is 4.79 Å². The average Bonchev–Trinajstić information content (AvgIpc) is 4.32. The number of pyridine rings is 2. The Hall–Kier alpha value is -5.76. The highest BCUT2D eigenvalue weighted by atomic mass is 35.5. The molecule has 2 unspecified atom stereocenters. The third-order valence-electron chi connectivity index (χ3n) is 14.9. The molecule has 4 aromatic heterocycles. The molecular formula is C58H53B2Cl7N6O9. The number of nitrogens with one attached hydrogen (secondary N) is 1. The van der Waals surface area contributed by atoms with Crippen LogP contribution >= 0.6 is 82.0 Å². The lowest BCUT2D eigenvalue weighted by molar-refractivity contribution is -0.00755. The Morgan fingerprint density at radius 2 is 1.02 bits per heavy atom. The molecule has 4 aromatic carbocycles. The zero-order valence-corrected chi connectivity index (χ0v) is 50.2. The highest BCUT2D eigenvalue weighted by molar-refractivity contribution is 6.62. The fourth-order valence-electron chi connectivity index (χ4n) is 10.5. The highest BCUT2D eigenvalue weighted by Crippen LogP contribution is 2.43. The minimum atomic E-state index is -0.981. The summed E-state index contributed by atoms with van der Waals surface area (Å²) in [6.45, 7) is 12.4. The SMILES string of the molecule is CC1(C)OB(O)c2ccc(CN)cc21.CC1(C)OB(O)c2ccc(CNC(=O)c3ccc(C4=NOC(C)(c5cc(Cl)c(Cl)c(Cl)c5)C4)n4cccc34)cc21.CC1(c2cc(Cl)c(Cl)c(Cl)c2)CC(c2ccc(C(=O)O)c3cccn23)=NO1.Cl. The molecule has 0 aliphatic carbocycles. The Kier molecular flexibility index (Phi) is 17.3. The van der Waals surface area contributed by atoms with Crippen LogP contribution in [0.3, 0.4) is 0 Å². The maximum atomic E-state index is 13.3.